The molecule has 1 aromatic carbocycles. The molecule has 0 radical (unpaired) electrons. The first-order valence-corrected chi connectivity index (χ1v) is 6.15. The largest absolute Gasteiger partial charge is 0.507 e. The summed E-state index contributed by atoms with van der Waals surface area (Å²) in [5.41, 5.74) is 6.22. The van der Waals surface area contributed by atoms with Crippen LogP contribution in [0, 0.1) is 3.57 Å². The second-order valence-corrected chi connectivity index (χ2v) is 4.84. The summed E-state index contributed by atoms with van der Waals surface area (Å²) < 4.78 is 0.862. The third-order valence-electron chi connectivity index (χ3n) is 2.23. The number of phenols is 1. The van der Waals surface area contributed by atoms with Crippen molar-refractivity contribution in [2.45, 2.75) is 0 Å². The monoisotopic (exact) mass is 355 g/mol. The van der Waals surface area contributed by atoms with Crippen molar-refractivity contribution >= 4 is 40.0 Å². The highest BCUT2D eigenvalue weighted by atomic mass is 127. The zero-order valence-corrected chi connectivity index (χ0v) is 11.4. The van der Waals surface area contributed by atoms with Gasteiger partial charge in [0.05, 0.1) is 17.4 Å². The van der Waals surface area contributed by atoms with E-state index in [1.165, 1.54) is 12.3 Å². The number of nitrogens with zero attached hydrogens (tertiary/aromatic N) is 1. The van der Waals surface area contributed by atoms with Crippen LogP contribution in [0.5, 0.6) is 5.75 Å². The summed E-state index contributed by atoms with van der Waals surface area (Å²) in [5, 5.41) is 12.2. The first-order chi connectivity index (χ1) is 8.56. The number of rotatable bonds is 2. The van der Waals surface area contributed by atoms with Crippen molar-refractivity contribution in [1.82, 2.24) is 4.98 Å². The molecule has 0 unspecified atom stereocenters. The first kappa shape index (κ1) is 12.6. The zero-order chi connectivity index (χ0) is 13.1. The molecule has 0 saturated heterocycles. The predicted octanol–water partition coefficient (Wildman–Crippen LogP) is 2.23. The molecule has 1 aromatic heterocycles. The summed E-state index contributed by atoms with van der Waals surface area (Å²) >= 11 is 2.07. The average molecular weight is 355 g/mol. The number of aromatic hydroxyl groups is 1. The number of amides is 1. The molecule has 2 rings (SSSR count). The van der Waals surface area contributed by atoms with E-state index >= 15 is 0 Å². The molecule has 6 heteroatoms. The van der Waals surface area contributed by atoms with Crippen molar-refractivity contribution < 1.29 is 9.90 Å². The van der Waals surface area contributed by atoms with Crippen molar-refractivity contribution in [3.05, 3.63) is 45.7 Å². The summed E-state index contributed by atoms with van der Waals surface area (Å²) in [5.74, 6) is -0.0980. The fourth-order valence-electron chi connectivity index (χ4n) is 1.35. The Hall–Kier alpha value is -1.83. The number of anilines is 2. The third kappa shape index (κ3) is 2.89. The highest BCUT2D eigenvalue weighted by Crippen LogP contribution is 2.20. The lowest BCUT2D eigenvalue weighted by Crippen LogP contribution is -2.13. The summed E-state index contributed by atoms with van der Waals surface area (Å²) in [6, 6.07) is 8.03. The SMILES string of the molecule is Nc1ccc(NC(=O)c2cc(I)ccc2O)nc1. The molecule has 0 bridgehead atoms. The van der Waals surface area contributed by atoms with Crippen LogP contribution in [0.2, 0.25) is 0 Å². The van der Waals surface area contributed by atoms with Crippen molar-refractivity contribution in [2.75, 3.05) is 11.1 Å². The molecule has 1 amide bonds. The number of carbonyl (C=O) groups is 1. The highest BCUT2D eigenvalue weighted by molar-refractivity contribution is 14.1. The van der Waals surface area contributed by atoms with Crippen LogP contribution < -0.4 is 11.1 Å². The molecular weight excluding hydrogens is 345 g/mol. The Balaban J connectivity index is 2.21. The van der Waals surface area contributed by atoms with Gasteiger partial charge in [-0.1, -0.05) is 0 Å². The fourth-order valence-corrected chi connectivity index (χ4v) is 1.84. The average Bonchev–Trinajstić information content (AvgIpc) is 2.35. The maximum Gasteiger partial charge on any atom is 0.260 e. The summed E-state index contributed by atoms with van der Waals surface area (Å²) in [7, 11) is 0. The minimum atomic E-state index is -0.414. The van der Waals surface area contributed by atoms with Gasteiger partial charge in [-0.2, -0.15) is 0 Å². The molecule has 0 spiro atoms. The second-order valence-electron chi connectivity index (χ2n) is 3.59. The van der Waals surface area contributed by atoms with E-state index in [0.717, 1.165) is 3.57 Å². The van der Waals surface area contributed by atoms with Crippen LogP contribution in [-0.2, 0) is 0 Å². The van der Waals surface area contributed by atoms with Gasteiger partial charge in [0.2, 0.25) is 0 Å². The lowest BCUT2D eigenvalue weighted by Gasteiger charge is -2.06. The molecule has 0 aliphatic carbocycles. The number of benzene rings is 1. The van der Waals surface area contributed by atoms with Crippen LogP contribution in [-0.4, -0.2) is 16.0 Å². The Labute approximate surface area is 117 Å². The van der Waals surface area contributed by atoms with Crippen molar-refractivity contribution in [1.29, 1.82) is 0 Å². The number of hydrogen-bond acceptors (Lipinski definition) is 4. The molecule has 4 N–H and O–H groups in total. The van der Waals surface area contributed by atoms with Crippen LogP contribution >= 0.6 is 22.6 Å². The standard InChI is InChI=1S/C12H10IN3O2/c13-7-1-3-10(17)9(5-7)12(18)16-11-4-2-8(14)6-15-11/h1-6,17H,14H2,(H,15,16,18). The summed E-state index contributed by atoms with van der Waals surface area (Å²) in [4.78, 5) is 15.9. The number of pyridine rings is 1. The molecule has 2 aromatic rings. The molecule has 0 aliphatic rings. The van der Waals surface area contributed by atoms with Gasteiger partial charge in [-0.15, -0.1) is 0 Å². The molecule has 18 heavy (non-hydrogen) atoms. The molecular formula is C12H10IN3O2. The maximum atomic E-state index is 11.9. The third-order valence-corrected chi connectivity index (χ3v) is 2.90. The fraction of sp³-hybridized carbons (Fsp3) is 0. The van der Waals surface area contributed by atoms with Gasteiger partial charge >= 0.3 is 0 Å². The van der Waals surface area contributed by atoms with E-state index in [-0.39, 0.29) is 11.3 Å². The number of aromatic nitrogens is 1. The summed E-state index contributed by atoms with van der Waals surface area (Å²) in [6.45, 7) is 0. The van der Waals surface area contributed by atoms with Crippen LogP contribution in [0.4, 0.5) is 11.5 Å². The van der Waals surface area contributed by atoms with Crippen LogP contribution in [0.25, 0.3) is 0 Å². The second kappa shape index (κ2) is 5.21. The van der Waals surface area contributed by atoms with Crippen LogP contribution in [0.15, 0.2) is 36.5 Å². The number of phenolic OH excluding ortho intramolecular Hbond substituents is 1. The van der Waals surface area contributed by atoms with E-state index in [1.807, 2.05) is 0 Å². The number of carbonyl (C=O) groups excluding carboxylic acids is 1. The molecule has 0 atom stereocenters. The van der Waals surface area contributed by atoms with Gasteiger partial charge in [0.15, 0.2) is 0 Å². The molecule has 0 saturated carbocycles. The highest BCUT2D eigenvalue weighted by Gasteiger charge is 2.12. The first-order valence-electron chi connectivity index (χ1n) is 5.07. The summed E-state index contributed by atoms with van der Waals surface area (Å²) in [6.07, 6.45) is 1.45. The number of halogens is 1. The van der Waals surface area contributed by atoms with E-state index in [2.05, 4.69) is 32.9 Å². The lowest BCUT2D eigenvalue weighted by atomic mass is 10.2. The molecule has 92 valence electrons. The number of hydrogen-bond donors (Lipinski definition) is 3. The van der Waals surface area contributed by atoms with Crippen LogP contribution in [0.3, 0.4) is 0 Å². The molecule has 0 aliphatic heterocycles. The molecule has 5 nitrogen and oxygen atoms in total. The molecule has 0 fully saturated rings. The Kier molecular flexibility index (Phi) is 3.66. The van der Waals surface area contributed by atoms with Crippen molar-refractivity contribution in [3.8, 4) is 5.75 Å². The number of nitrogens with two attached hydrogens (primary N) is 1. The lowest BCUT2D eigenvalue weighted by molar-refractivity contribution is 0.102. The van der Waals surface area contributed by atoms with Gasteiger partial charge in [-0.3, -0.25) is 4.79 Å². The Morgan fingerprint density at radius 3 is 2.78 bits per heavy atom. The van der Waals surface area contributed by atoms with Crippen LogP contribution in [0.1, 0.15) is 10.4 Å². The Morgan fingerprint density at radius 1 is 1.33 bits per heavy atom. The van der Waals surface area contributed by atoms with E-state index < -0.39 is 5.91 Å². The minimum absolute atomic E-state index is 0.0663. The quantitative estimate of drug-likeness (QED) is 0.721. The van der Waals surface area contributed by atoms with Gasteiger partial charge in [-0.25, -0.2) is 4.98 Å². The Bertz CT molecular complexity index is 584. The van der Waals surface area contributed by atoms with E-state index in [1.54, 1.807) is 24.3 Å². The van der Waals surface area contributed by atoms with Crippen molar-refractivity contribution in [2.24, 2.45) is 0 Å². The van der Waals surface area contributed by atoms with Gasteiger partial charge in [-0.05, 0) is 52.9 Å². The number of nitrogens with one attached hydrogen (secondary N) is 1. The van der Waals surface area contributed by atoms with Gasteiger partial charge < -0.3 is 16.2 Å². The van der Waals surface area contributed by atoms with Gasteiger partial charge in [0.1, 0.15) is 11.6 Å². The normalized spacial score (nSPS) is 10.1. The van der Waals surface area contributed by atoms with Gasteiger partial charge in [0, 0.05) is 3.57 Å². The van der Waals surface area contributed by atoms with E-state index in [9.17, 15) is 9.90 Å². The van der Waals surface area contributed by atoms with Gasteiger partial charge in [0.25, 0.3) is 5.91 Å². The smallest absolute Gasteiger partial charge is 0.260 e. The maximum absolute atomic E-state index is 11.9. The topological polar surface area (TPSA) is 88.2 Å². The van der Waals surface area contributed by atoms with E-state index in [4.69, 9.17) is 5.73 Å². The predicted molar refractivity (Wildman–Crippen MR) is 77.4 cm³/mol. The van der Waals surface area contributed by atoms with E-state index in [0.29, 0.717) is 11.5 Å². The number of nitrogen functional groups attached to an aromatic ring is 1. The molecule has 1 heterocycles. The van der Waals surface area contributed by atoms with Crippen molar-refractivity contribution in [3.63, 3.8) is 0 Å². The zero-order valence-electron chi connectivity index (χ0n) is 9.22. The minimum Gasteiger partial charge on any atom is -0.507 e. The Morgan fingerprint density at radius 2 is 2.11 bits per heavy atom.